The number of aliphatic hydroxyl groups excluding tert-OH is 1. The van der Waals surface area contributed by atoms with Crippen molar-refractivity contribution >= 4 is 17.2 Å². The molecule has 0 aliphatic heterocycles. The summed E-state index contributed by atoms with van der Waals surface area (Å²) in [6.45, 7) is 6.07. The standard InChI is InChI=1S/C15H20N2O3S/c1-15(2,3)14-16-10(9-21-14)7-13(19)17-11(8-18)12-5-4-6-20-12/h4-6,9,11,18H,7-8H2,1-3H3,(H,17,19). The highest BCUT2D eigenvalue weighted by atomic mass is 32.1. The molecule has 0 radical (unpaired) electrons. The Hall–Kier alpha value is -1.66. The number of hydrogen-bond donors (Lipinski definition) is 2. The van der Waals surface area contributed by atoms with Crippen LogP contribution in [-0.2, 0) is 16.6 Å². The lowest BCUT2D eigenvalue weighted by atomic mass is 9.98. The van der Waals surface area contributed by atoms with E-state index >= 15 is 0 Å². The van der Waals surface area contributed by atoms with Crippen LogP contribution in [0.2, 0.25) is 0 Å². The van der Waals surface area contributed by atoms with Crippen LogP contribution < -0.4 is 5.32 Å². The highest BCUT2D eigenvalue weighted by molar-refractivity contribution is 7.09. The Bertz CT molecular complexity index is 584. The predicted molar refractivity (Wildman–Crippen MR) is 81.2 cm³/mol. The van der Waals surface area contributed by atoms with Crippen LogP contribution in [0.15, 0.2) is 28.2 Å². The summed E-state index contributed by atoms with van der Waals surface area (Å²) < 4.78 is 5.20. The van der Waals surface area contributed by atoms with Gasteiger partial charge in [-0.25, -0.2) is 4.98 Å². The SMILES string of the molecule is CC(C)(C)c1nc(CC(=O)NC(CO)c2ccco2)cs1. The van der Waals surface area contributed by atoms with Gasteiger partial charge < -0.3 is 14.8 Å². The molecule has 2 heterocycles. The Morgan fingerprint density at radius 1 is 1.52 bits per heavy atom. The first-order chi connectivity index (χ1) is 9.90. The predicted octanol–water partition coefficient (Wildman–Crippen LogP) is 2.43. The number of rotatable bonds is 5. The number of nitrogens with one attached hydrogen (secondary N) is 1. The van der Waals surface area contributed by atoms with Gasteiger partial charge in [0.25, 0.3) is 0 Å². The zero-order chi connectivity index (χ0) is 15.5. The molecule has 21 heavy (non-hydrogen) atoms. The summed E-state index contributed by atoms with van der Waals surface area (Å²) in [4.78, 5) is 16.5. The number of carbonyl (C=O) groups excluding carboxylic acids is 1. The van der Waals surface area contributed by atoms with Crippen LogP contribution >= 0.6 is 11.3 Å². The Morgan fingerprint density at radius 2 is 2.29 bits per heavy atom. The number of hydrogen-bond acceptors (Lipinski definition) is 5. The fraction of sp³-hybridized carbons (Fsp3) is 0.467. The van der Waals surface area contributed by atoms with Crippen molar-refractivity contribution in [3.63, 3.8) is 0 Å². The fourth-order valence-electron chi connectivity index (χ4n) is 1.84. The van der Waals surface area contributed by atoms with E-state index in [4.69, 9.17) is 4.42 Å². The molecular weight excluding hydrogens is 288 g/mol. The molecule has 1 amide bonds. The van der Waals surface area contributed by atoms with Crippen LogP contribution in [0.1, 0.15) is 43.3 Å². The van der Waals surface area contributed by atoms with Crippen LogP contribution in [0.3, 0.4) is 0 Å². The lowest BCUT2D eigenvalue weighted by Gasteiger charge is -2.14. The van der Waals surface area contributed by atoms with Crippen molar-refractivity contribution in [3.8, 4) is 0 Å². The van der Waals surface area contributed by atoms with Crippen molar-refractivity contribution in [2.45, 2.75) is 38.6 Å². The molecule has 2 rings (SSSR count). The number of carbonyl (C=O) groups is 1. The van der Waals surface area contributed by atoms with Crippen molar-refractivity contribution in [2.24, 2.45) is 0 Å². The Kier molecular flexibility index (Phi) is 4.80. The molecule has 0 bridgehead atoms. The molecule has 0 aromatic carbocycles. The first-order valence-electron chi connectivity index (χ1n) is 6.78. The summed E-state index contributed by atoms with van der Waals surface area (Å²) in [5, 5.41) is 15.0. The molecular formula is C15H20N2O3S. The molecule has 2 aromatic heterocycles. The molecule has 5 nitrogen and oxygen atoms in total. The van der Waals surface area contributed by atoms with E-state index < -0.39 is 6.04 Å². The zero-order valence-corrected chi connectivity index (χ0v) is 13.2. The molecule has 2 N–H and O–H groups in total. The minimum atomic E-state index is -0.520. The van der Waals surface area contributed by atoms with E-state index in [0.29, 0.717) is 5.76 Å². The third-order valence-electron chi connectivity index (χ3n) is 2.94. The van der Waals surface area contributed by atoms with E-state index in [1.165, 1.54) is 6.26 Å². The first kappa shape index (κ1) is 15.7. The number of thiazole rings is 1. The average Bonchev–Trinajstić information content (AvgIpc) is 3.05. The Morgan fingerprint density at radius 3 is 2.81 bits per heavy atom. The third kappa shape index (κ3) is 4.15. The van der Waals surface area contributed by atoms with E-state index in [-0.39, 0.29) is 24.3 Å². The van der Waals surface area contributed by atoms with Crippen LogP contribution in [-0.4, -0.2) is 22.6 Å². The van der Waals surface area contributed by atoms with E-state index in [9.17, 15) is 9.90 Å². The van der Waals surface area contributed by atoms with Gasteiger partial charge in [0.1, 0.15) is 11.8 Å². The maximum absolute atomic E-state index is 12.0. The number of aromatic nitrogens is 1. The highest BCUT2D eigenvalue weighted by Crippen LogP contribution is 2.25. The second kappa shape index (κ2) is 6.41. The average molecular weight is 308 g/mol. The van der Waals surface area contributed by atoms with Crippen LogP contribution in [0.4, 0.5) is 0 Å². The maximum Gasteiger partial charge on any atom is 0.226 e. The molecule has 0 spiro atoms. The van der Waals surface area contributed by atoms with Gasteiger partial charge in [0, 0.05) is 10.8 Å². The number of aliphatic hydroxyl groups is 1. The Labute approximate surface area is 128 Å². The van der Waals surface area contributed by atoms with Gasteiger partial charge >= 0.3 is 0 Å². The smallest absolute Gasteiger partial charge is 0.226 e. The highest BCUT2D eigenvalue weighted by Gasteiger charge is 2.20. The van der Waals surface area contributed by atoms with E-state index in [1.54, 1.807) is 23.5 Å². The van der Waals surface area contributed by atoms with Gasteiger partial charge in [0.05, 0.1) is 30.0 Å². The van der Waals surface area contributed by atoms with Gasteiger partial charge in [-0.15, -0.1) is 11.3 Å². The first-order valence-corrected chi connectivity index (χ1v) is 7.66. The molecule has 114 valence electrons. The summed E-state index contributed by atoms with van der Waals surface area (Å²) in [6, 6.07) is 2.93. The minimum Gasteiger partial charge on any atom is -0.467 e. The lowest BCUT2D eigenvalue weighted by Crippen LogP contribution is -2.31. The van der Waals surface area contributed by atoms with Crippen LogP contribution in [0, 0.1) is 0 Å². The van der Waals surface area contributed by atoms with Gasteiger partial charge in [-0.3, -0.25) is 4.79 Å². The van der Waals surface area contributed by atoms with E-state index in [2.05, 4.69) is 31.1 Å². The summed E-state index contributed by atoms with van der Waals surface area (Å²) in [5.41, 5.74) is 0.736. The summed E-state index contributed by atoms with van der Waals surface area (Å²) in [6.07, 6.45) is 1.71. The quantitative estimate of drug-likeness (QED) is 0.889. The van der Waals surface area contributed by atoms with Crippen LogP contribution in [0.5, 0.6) is 0 Å². The molecule has 0 saturated carbocycles. The van der Waals surface area contributed by atoms with Gasteiger partial charge in [0.2, 0.25) is 5.91 Å². The second-order valence-electron chi connectivity index (χ2n) is 5.89. The van der Waals surface area contributed by atoms with Gasteiger partial charge in [0.15, 0.2) is 0 Å². The second-order valence-corrected chi connectivity index (χ2v) is 6.75. The monoisotopic (exact) mass is 308 g/mol. The normalized spacial score (nSPS) is 13.1. The van der Waals surface area contributed by atoms with Crippen molar-refractivity contribution in [3.05, 3.63) is 40.2 Å². The largest absolute Gasteiger partial charge is 0.467 e. The molecule has 0 saturated heterocycles. The lowest BCUT2D eigenvalue weighted by molar-refractivity contribution is -0.121. The van der Waals surface area contributed by atoms with E-state index in [1.807, 2.05) is 5.38 Å². The van der Waals surface area contributed by atoms with Crippen molar-refractivity contribution < 1.29 is 14.3 Å². The molecule has 1 atom stereocenters. The topological polar surface area (TPSA) is 75.4 Å². The van der Waals surface area contributed by atoms with Crippen LogP contribution in [0.25, 0.3) is 0 Å². The van der Waals surface area contributed by atoms with Crippen molar-refractivity contribution in [1.82, 2.24) is 10.3 Å². The van der Waals surface area contributed by atoms with Gasteiger partial charge in [-0.05, 0) is 12.1 Å². The molecule has 0 fully saturated rings. The summed E-state index contributed by atoms with van der Waals surface area (Å²) in [5.74, 6) is 0.357. The molecule has 0 aliphatic rings. The third-order valence-corrected chi connectivity index (χ3v) is 4.26. The van der Waals surface area contributed by atoms with Gasteiger partial charge in [-0.1, -0.05) is 20.8 Å². The summed E-state index contributed by atoms with van der Waals surface area (Å²) >= 11 is 1.56. The molecule has 1 unspecified atom stereocenters. The molecule has 6 heteroatoms. The zero-order valence-electron chi connectivity index (χ0n) is 12.4. The Balaban J connectivity index is 1.97. The number of amides is 1. The number of furan rings is 1. The fourth-order valence-corrected chi connectivity index (χ4v) is 2.75. The summed E-state index contributed by atoms with van der Waals surface area (Å²) in [7, 11) is 0. The maximum atomic E-state index is 12.0. The van der Waals surface area contributed by atoms with Crippen molar-refractivity contribution in [1.29, 1.82) is 0 Å². The van der Waals surface area contributed by atoms with Gasteiger partial charge in [-0.2, -0.15) is 0 Å². The van der Waals surface area contributed by atoms with E-state index in [0.717, 1.165) is 10.7 Å². The molecule has 0 aliphatic carbocycles. The number of nitrogens with zero attached hydrogens (tertiary/aromatic N) is 1. The van der Waals surface area contributed by atoms with Crippen molar-refractivity contribution in [2.75, 3.05) is 6.61 Å². The minimum absolute atomic E-state index is 0.0127. The molecule has 2 aromatic rings.